The van der Waals surface area contributed by atoms with Gasteiger partial charge in [0.05, 0.1) is 25.6 Å². The number of esters is 1. The number of para-hydroxylation sites is 2. The van der Waals surface area contributed by atoms with Crippen LogP contribution in [0.15, 0.2) is 42.5 Å². The summed E-state index contributed by atoms with van der Waals surface area (Å²) in [5, 5.41) is 9.38. The molecule has 0 saturated carbocycles. The van der Waals surface area contributed by atoms with E-state index in [-0.39, 0.29) is 0 Å². The number of ether oxygens (including phenoxy) is 2. The second-order valence-corrected chi connectivity index (χ2v) is 5.45. The lowest BCUT2D eigenvalue weighted by Crippen LogP contribution is -2.41. The van der Waals surface area contributed by atoms with Crippen molar-refractivity contribution < 1.29 is 24.2 Å². The van der Waals surface area contributed by atoms with E-state index >= 15 is 0 Å². The standard InChI is InChI=1S/C18H18N2O5/c1-24-16-11-12(7-8-13(16)17(21)25-2)19-9-10-20(18(22)23)15-6-4-3-5-14(15)19/h3-8,11H,9-10H2,1-2H3,(H,22,23). The van der Waals surface area contributed by atoms with Crippen LogP contribution in [0.5, 0.6) is 5.75 Å². The lowest BCUT2D eigenvalue weighted by molar-refractivity contribution is 0.0597. The van der Waals surface area contributed by atoms with Crippen molar-refractivity contribution in [3.63, 3.8) is 0 Å². The van der Waals surface area contributed by atoms with Crippen molar-refractivity contribution in [2.24, 2.45) is 0 Å². The molecule has 0 aliphatic carbocycles. The predicted octanol–water partition coefficient (Wildman–Crippen LogP) is 3.12. The quantitative estimate of drug-likeness (QED) is 0.864. The topological polar surface area (TPSA) is 79.3 Å². The van der Waals surface area contributed by atoms with Crippen LogP contribution in [0.1, 0.15) is 10.4 Å². The maximum absolute atomic E-state index is 11.8. The fourth-order valence-corrected chi connectivity index (χ4v) is 2.95. The Morgan fingerprint density at radius 3 is 2.40 bits per heavy atom. The summed E-state index contributed by atoms with van der Waals surface area (Å²) in [5.74, 6) is -0.0676. The Bertz CT molecular complexity index is 821. The molecule has 0 fully saturated rings. The summed E-state index contributed by atoms with van der Waals surface area (Å²) in [6.45, 7) is 0.831. The molecular weight excluding hydrogens is 324 g/mol. The molecule has 25 heavy (non-hydrogen) atoms. The second-order valence-electron chi connectivity index (χ2n) is 5.45. The molecule has 1 aliphatic rings. The summed E-state index contributed by atoms with van der Waals surface area (Å²) < 4.78 is 10.1. The molecule has 0 saturated heterocycles. The molecule has 1 heterocycles. The SMILES string of the molecule is COC(=O)c1ccc(N2CCN(C(=O)O)c3ccccc32)cc1OC. The molecule has 130 valence electrons. The first-order valence-electron chi connectivity index (χ1n) is 7.70. The lowest BCUT2D eigenvalue weighted by atomic mass is 10.1. The molecule has 0 spiro atoms. The number of methoxy groups -OCH3 is 2. The molecule has 3 rings (SSSR count). The fraction of sp³-hybridized carbons (Fsp3) is 0.222. The van der Waals surface area contributed by atoms with E-state index in [1.54, 1.807) is 30.3 Å². The number of fused-ring (bicyclic) bond motifs is 1. The van der Waals surface area contributed by atoms with Crippen LogP contribution in [0.3, 0.4) is 0 Å². The monoisotopic (exact) mass is 342 g/mol. The van der Waals surface area contributed by atoms with Gasteiger partial charge in [0.1, 0.15) is 11.3 Å². The molecule has 0 bridgehead atoms. The summed E-state index contributed by atoms with van der Waals surface area (Å²) in [7, 11) is 2.80. The molecule has 1 amide bonds. The predicted molar refractivity (Wildman–Crippen MR) is 93.2 cm³/mol. The number of rotatable bonds is 3. The first-order chi connectivity index (χ1) is 12.1. The number of carbonyl (C=O) groups is 2. The number of carboxylic acid groups (broad SMARTS) is 1. The minimum Gasteiger partial charge on any atom is -0.496 e. The number of amides is 1. The summed E-state index contributed by atoms with van der Waals surface area (Å²) in [6.07, 6.45) is -0.981. The van der Waals surface area contributed by atoms with E-state index in [1.807, 2.05) is 17.0 Å². The van der Waals surface area contributed by atoms with Crippen LogP contribution >= 0.6 is 0 Å². The van der Waals surface area contributed by atoms with Crippen molar-refractivity contribution in [2.45, 2.75) is 0 Å². The van der Waals surface area contributed by atoms with Gasteiger partial charge < -0.3 is 19.5 Å². The number of anilines is 3. The largest absolute Gasteiger partial charge is 0.496 e. The molecule has 2 aromatic rings. The molecular formula is C18H18N2O5. The highest BCUT2D eigenvalue weighted by atomic mass is 16.5. The molecule has 7 heteroatoms. The van der Waals surface area contributed by atoms with Crippen molar-refractivity contribution in [3.05, 3.63) is 48.0 Å². The molecule has 1 aliphatic heterocycles. The zero-order chi connectivity index (χ0) is 18.0. The van der Waals surface area contributed by atoms with Crippen LogP contribution in [0, 0.1) is 0 Å². The van der Waals surface area contributed by atoms with Crippen LogP contribution in [-0.4, -0.2) is 44.5 Å². The Morgan fingerprint density at radius 2 is 1.76 bits per heavy atom. The maximum atomic E-state index is 11.8. The summed E-state index contributed by atoms with van der Waals surface area (Å²) in [6, 6.07) is 12.5. The minimum absolute atomic E-state index is 0.339. The highest BCUT2D eigenvalue weighted by Gasteiger charge is 2.27. The van der Waals surface area contributed by atoms with Gasteiger partial charge >= 0.3 is 12.1 Å². The maximum Gasteiger partial charge on any atom is 0.411 e. The van der Waals surface area contributed by atoms with Crippen molar-refractivity contribution in [3.8, 4) is 5.75 Å². The van der Waals surface area contributed by atoms with Gasteiger partial charge in [-0.1, -0.05) is 12.1 Å². The number of hydrogen-bond acceptors (Lipinski definition) is 5. The molecule has 7 nitrogen and oxygen atoms in total. The van der Waals surface area contributed by atoms with E-state index in [9.17, 15) is 14.7 Å². The number of carbonyl (C=O) groups excluding carboxylic acids is 1. The number of nitrogens with zero attached hydrogens (tertiary/aromatic N) is 2. The van der Waals surface area contributed by atoms with Crippen LogP contribution in [-0.2, 0) is 4.74 Å². The van der Waals surface area contributed by atoms with Gasteiger partial charge in [-0.05, 0) is 24.3 Å². The van der Waals surface area contributed by atoms with Gasteiger partial charge in [-0.2, -0.15) is 0 Å². The first kappa shape index (κ1) is 16.6. The van der Waals surface area contributed by atoms with Crippen LogP contribution < -0.4 is 14.5 Å². The summed E-state index contributed by atoms with van der Waals surface area (Å²) >= 11 is 0. The van der Waals surface area contributed by atoms with Gasteiger partial charge in [-0.15, -0.1) is 0 Å². The van der Waals surface area contributed by atoms with E-state index < -0.39 is 12.1 Å². The van der Waals surface area contributed by atoms with E-state index in [0.29, 0.717) is 30.1 Å². The van der Waals surface area contributed by atoms with Crippen LogP contribution in [0.2, 0.25) is 0 Å². The Balaban J connectivity index is 2.04. The van der Waals surface area contributed by atoms with Gasteiger partial charge in [-0.3, -0.25) is 4.90 Å². The zero-order valence-corrected chi connectivity index (χ0v) is 13.9. The van der Waals surface area contributed by atoms with Crippen LogP contribution in [0.4, 0.5) is 21.9 Å². The Labute approximate surface area is 145 Å². The van der Waals surface area contributed by atoms with Gasteiger partial charge in [-0.25, -0.2) is 9.59 Å². The van der Waals surface area contributed by atoms with Gasteiger partial charge in [0, 0.05) is 24.8 Å². The summed E-state index contributed by atoms with van der Waals surface area (Å²) in [4.78, 5) is 26.6. The summed E-state index contributed by atoms with van der Waals surface area (Å²) in [5.41, 5.74) is 2.55. The van der Waals surface area contributed by atoms with Gasteiger partial charge in [0.2, 0.25) is 0 Å². The van der Waals surface area contributed by atoms with Crippen molar-refractivity contribution in [1.29, 1.82) is 0 Å². The Morgan fingerprint density at radius 1 is 1.04 bits per heavy atom. The third-order valence-electron chi connectivity index (χ3n) is 4.14. The smallest absolute Gasteiger partial charge is 0.411 e. The second kappa shape index (κ2) is 6.72. The molecule has 0 radical (unpaired) electrons. The van der Waals surface area contributed by atoms with Gasteiger partial charge in [0.15, 0.2) is 0 Å². The highest BCUT2D eigenvalue weighted by Crippen LogP contribution is 2.39. The fourth-order valence-electron chi connectivity index (χ4n) is 2.95. The average Bonchev–Trinajstić information content (AvgIpc) is 2.65. The average molecular weight is 342 g/mol. The van der Waals surface area contributed by atoms with Crippen LogP contribution in [0.25, 0.3) is 0 Å². The Kier molecular flexibility index (Phi) is 4.47. The Hall–Kier alpha value is -3.22. The van der Waals surface area contributed by atoms with E-state index in [2.05, 4.69) is 0 Å². The molecule has 0 unspecified atom stereocenters. The third-order valence-corrected chi connectivity index (χ3v) is 4.14. The van der Waals surface area contributed by atoms with E-state index in [4.69, 9.17) is 9.47 Å². The van der Waals surface area contributed by atoms with Crippen molar-refractivity contribution >= 4 is 29.1 Å². The molecule has 0 atom stereocenters. The number of hydrogen-bond donors (Lipinski definition) is 1. The minimum atomic E-state index is -0.981. The molecule has 0 aromatic heterocycles. The molecule has 2 aromatic carbocycles. The molecule has 1 N–H and O–H groups in total. The first-order valence-corrected chi connectivity index (χ1v) is 7.70. The normalized spacial score (nSPS) is 13.2. The lowest BCUT2D eigenvalue weighted by Gasteiger charge is -2.36. The number of benzene rings is 2. The van der Waals surface area contributed by atoms with Gasteiger partial charge in [0.25, 0.3) is 0 Å². The van der Waals surface area contributed by atoms with E-state index in [1.165, 1.54) is 19.1 Å². The highest BCUT2D eigenvalue weighted by molar-refractivity contribution is 5.95. The third kappa shape index (κ3) is 2.96. The van der Waals surface area contributed by atoms with Crippen molar-refractivity contribution in [2.75, 3.05) is 37.1 Å². The van der Waals surface area contributed by atoms with Crippen molar-refractivity contribution in [1.82, 2.24) is 0 Å². The zero-order valence-electron chi connectivity index (χ0n) is 13.9. The van der Waals surface area contributed by atoms with E-state index in [0.717, 1.165) is 11.4 Å².